The van der Waals surface area contributed by atoms with E-state index >= 15 is 0 Å². The van der Waals surface area contributed by atoms with Crippen molar-refractivity contribution in [2.45, 2.75) is 45.4 Å². The Morgan fingerprint density at radius 3 is 2.15 bits per heavy atom. The van der Waals surface area contributed by atoms with E-state index in [4.69, 9.17) is 0 Å². The van der Waals surface area contributed by atoms with Gasteiger partial charge in [-0.15, -0.1) is 0 Å². The average Bonchev–Trinajstić information content (AvgIpc) is 2.82. The smallest absolute Gasteiger partial charge is 0.124 e. The van der Waals surface area contributed by atoms with Crippen LogP contribution in [0, 0.1) is 5.82 Å². The number of halogens is 1. The third-order valence-corrected chi connectivity index (χ3v) is 5.68. The second-order valence-corrected chi connectivity index (χ2v) is 8.91. The Hall–Kier alpha value is -2.41. The highest BCUT2D eigenvalue weighted by molar-refractivity contribution is 5.84. The van der Waals surface area contributed by atoms with Crippen molar-refractivity contribution in [3.8, 4) is 22.3 Å². The number of fused-ring (bicyclic) bond motifs is 3. The Bertz CT molecular complexity index is 1000. The molecule has 0 saturated carbocycles. The highest BCUT2D eigenvalue weighted by Gasteiger charge is 2.35. The van der Waals surface area contributed by atoms with Gasteiger partial charge in [-0.3, -0.25) is 0 Å². The lowest BCUT2D eigenvalue weighted by molar-refractivity contribution is 0.573. The van der Waals surface area contributed by atoms with Crippen molar-refractivity contribution in [3.63, 3.8) is 0 Å². The summed E-state index contributed by atoms with van der Waals surface area (Å²) in [6, 6.07) is 20.6. The third-order valence-electron chi connectivity index (χ3n) is 5.68. The quantitative estimate of drug-likeness (QED) is 0.442. The highest BCUT2D eigenvalue weighted by atomic mass is 19.1. The molecule has 0 radical (unpaired) electrons. The van der Waals surface area contributed by atoms with Gasteiger partial charge in [0.2, 0.25) is 0 Å². The first kappa shape index (κ1) is 17.0. The van der Waals surface area contributed by atoms with Gasteiger partial charge in [0.1, 0.15) is 5.82 Å². The SMILES string of the molecule is CC(C)(C)c1cc(F)cc(-c2ccc3c(c2)-c2ccccc2C3(C)C)c1. The largest absolute Gasteiger partial charge is 0.207 e. The number of hydrogen-bond acceptors (Lipinski definition) is 0. The molecule has 1 heteroatoms. The van der Waals surface area contributed by atoms with Gasteiger partial charge in [-0.1, -0.05) is 77.1 Å². The minimum absolute atomic E-state index is 0.00294. The fourth-order valence-corrected chi connectivity index (χ4v) is 4.09. The maximum atomic E-state index is 14.3. The molecule has 3 aromatic rings. The molecule has 0 bridgehead atoms. The number of benzene rings is 3. The lowest BCUT2D eigenvalue weighted by Gasteiger charge is -2.22. The summed E-state index contributed by atoms with van der Waals surface area (Å²) in [4.78, 5) is 0. The first-order chi connectivity index (χ1) is 12.2. The van der Waals surface area contributed by atoms with E-state index in [0.29, 0.717) is 0 Å². The van der Waals surface area contributed by atoms with E-state index in [0.717, 1.165) is 16.7 Å². The zero-order chi connectivity index (χ0) is 18.7. The minimum atomic E-state index is -0.173. The minimum Gasteiger partial charge on any atom is -0.207 e. The average molecular weight is 344 g/mol. The fraction of sp³-hybridized carbons (Fsp3) is 0.280. The number of hydrogen-bond donors (Lipinski definition) is 0. The van der Waals surface area contributed by atoms with E-state index in [2.05, 4.69) is 83.1 Å². The van der Waals surface area contributed by atoms with E-state index < -0.39 is 0 Å². The van der Waals surface area contributed by atoms with Crippen LogP contribution >= 0.6 is 0 Å². The van der Waals surface area contributed by atoms with E-state index in [1.54, 1.807) is 12.1 Å². The van der Waals surface area contributed by atoms with Crippen molar-refractivity contribution in [1.29, 1.82) is 0 Å². The van der Waals surface area contributed by atoms with E-state index in [1.807, 2.05) is 0 Å². The van der Waals surface area contributed by atoms with Crippen LogP contribution < -0.4 is 0 Å². The van der Waals surface area contributed by atoms with Crippen LogP contribution in [0.1, 0.15) is 51.3 Å². The summed E-state index contributed by atoms with van der Waals surface area (Å²) >= 11 is 0. The molecular weight excluding hydrogens is 319 g/mol. The van der Waals surface area contributed by atoms with Gasteiger partial charge in [0, 0.05) is 5.41 Å². The number of rotatable bonds is 1. The van der Waals surface area contributed by atoms with Crippen LogP contribution in [0.25, 0.3) is 22.3 Å². The first-order valence-corrected chi connectivity index (χ1v) is 9.24. The molecule has 4 rings (SSSR count). The van der Waals surface area contributed by atoms with Gasteiger partial charge in [0.05, 0.1) is 0 Å². The molecule has 0 atom stereocenters. The molecule has 0 heterocycles. The van der Waals surface area contributed by atoms with Gasteiger partial charge in [-0.05, 0) is 62.6 Å². The molecule has 0 fully saturated rings. The molecule has 1 aliphatic rings. The van der Waals surface area contributed by atoms with Gasteiger partial charge in [-0.25, -0.2) is 4.39 Å². The molecule has 0 aromatic heterocycles. The second kappa shape index (κ2) is 5.54. The standard InChI is InChI=1S/C25H25F/c1-24(2,3)18-12-17(13-19(26)15-18)16-10-11-23-21(14-16)20-8-6-7-9-22(20)25(23,4)5/h6-15H,1-5H3. The maximum absolute atomic E-state index is 14.3. The Kier molecular flexibility index (Phi) is 3.63. The molecule has 0 spiro atoms. The molecule has 0 unspecified atom stereocenters. The molecule has 0 aliphatic heterocycles. The topological polar surface area (TPSA) is 0 Å². The van der Waals surface area contributed by atoms with Crippen molar-refractivity contribution in [1.82, 2.24) is 0 Å². The Morgan fingerprint density at radius 2 is 1.42 bits per heavy atom. The Labute approximate surface area is 155 Å². The van der Waals surface area contributed by atoms with Gasteiger partial charge in [0.15, 0.2) is 0 Å². The summed E-state index contributed by atoms with van der Waals surface area (Å²) in [5.74, 6) is -0.173. The molecule has 132 valence electrons. The zero-order valence-corrected chi connectivity index (χ0v) is 16.2. The summed E-state index contributed by atoms with van der Waals surface area (Å²) in [6.45, 7) is 10.9. The summed E-state index contributed by atoms with van der Waals surface area (Å²) in [6.07, 6.45) is 0. The van der Waals surface area contributed by atoms with Crippen molar-refractivity contribution in [2.75, 3.05) is 0 Å². The van der Waals surface area contributed by atoms with E-state index in [1.165, 1.54) is 22.3 Å². The second-order valence-electron chi connectivity index (χ2n) is 8.91. The molecule has 0 nitrogen and oxygen atoms in total. The Balaban J connectivity index is 1.90. The summed E-state index contributed by atoms with van der Waals surface area (Å²) in [5.41, 5.74) is 8.23. The monoisotopic (exact) mass is 344 g/mol. The molecule has 0 amide bonds. The predicted molar refractivity (Wildman–Crippen MR) is 108 cm³/mol. The Morgan fingerprint density at radius 1 is 0.731 bits per heavy atom. The molecule has 0 N–H and O–H groups in total. The summed E-state index contributed by atoms with van der Waals surface area (Å²) in [7, 11) is 0. The first-order valence-electron chi connectivity index (χ1n) is 9.24. The van der Waals surface area contributed by atoms with Crippen molar-refractivity contribution < 1.29 is 4.39 Å². The van der Waals surface area contributed by atoms with Gasteiger partial charge in [-0.2, -0.15) is 0 Å². The highest BCUT2D eigenvalue weighted by Crippen LogP contribution is 2.49. The van der Waals surface area contributed by atoms with Crippen molar-refractivity contribution in [3.05, 3.63) is 83.2 Å². The van der Waals surface area contributed by atoms with Gasteiger partial charge >= 0.3 is 0 Å². The maximum Gasteiger partial charge on any atom is 0.124 e. The predicted octanol–water partition coefficient (Wildman–Crippen LogP) is 7.10. The van der Waals surface area contributed by atoms with Crippen LogP contribution in [0.4, 0.5) is 4.39 Å². The third kappa shape index (κ3) is 2.58. The lowest BCUT2D eigenvalue weighted by atomic mass is 9.82. The van der Waals surface area contributed by atoms with Crippen molar-refractivity contribution >= 4 is 0 Å². The van der Waals surface area contributed by atoms with Crippen LogP contribution in [0.5, 0.6) is 0 Å². The van der Waals surface area contributed by atoms with Crippen LogP contribution in [-0.2, 0) is 10.8 Å². The van der Waals surface area contributed by atoms with Crippen LogP contribution in [0.2, 0.25) is 0 Å². The van der Waals surface area contributed by atoms with Gasteiger partial charge in [0.25, 0.3) is 0 Å². The van der Waals surface area contributed by atoms with Crippen LogP contribution in [0.15, 0.2) is 60.7 Å². The summed E-state index contributed by atoms with van der Waals surface area (Å²) < 4.78 is 14.3. The summed E-state index contributed by atoms with van der Waals surface area (Å²) in [5, 5.41) is 0. The van der Waals surface area contributed by atoms with Crippen molar-refractivity contribution in [2.24, 2.45) is 0 Å². The zero-order valence-electron chi connectivity index (χ0n) is 16.2. The van der Waals surface area contributed by atoms with Crippen LogP contribution in [-0.4, -0.2) is 0 Å². The van der Waals surface area contributed by atoms with Gasteiger partial charge < -0.3 is 0 Å². The lowest BCUT2D eigenvalue weighted by Crippen LogP contribution is -2.14. The molecule has 1 aliphatic carbocycles. The molecular formula is C25H25F. The molecule has 3 aromatic carbocycles. The molecule has 26 heavy (non-hydrogen) atoms. The fourth-order valence-electron chi connectivity index (χ4n) is 4.09. The van der Waals surface area contributed by atoms with Crippen LogP contribution in [0.3, 0.4) is 0 Å². The molecule has 0 saturated heterocycles. The van der Waals surface area contributed by atoms with E-state index in [9.17, 15) is 4.39 Å². The van der Waals surface area contributed by atoms with E-state index in [-0.39, 0.29) is 16.6 Å². The normalized spacial score (nSPS) is 14.8.